The summed E-state index contributed by atoms with van der Waals surface area (Å²) in [7, 11) is 0. The molecule has 0 radical (unpaired) electrons. The minimum Gasteiger partial charge on any atom is -0.386 e. The molecule has 2 heteroatoms. The lowest BCUT2D eigenvalue weighted by Gasteiger charge is -2.14. The minimum absolute atomic E-state index is 0.532. The lowest BCUT2D eigenvalue weighted by Crippen LogP contribution is -2.22. The molecular weight excluding hydrogens is 202 g/mol. The highest BCUT2D eigenvalue weighted by molar-refractivity contribution is 9.11. The molecule has 0 aliphatic carbocycles. The van der Waals surface area contributed by atoms with Gasteiger partial charge in [0.05, 0.1) is 0 Å². The zero-order valence-electron chi connectivity index (χ0n) is 7.87. The molecule has 0 heterocycles. The van der Waals surface area contributed by atoms with Gasteiger partial charge in [0.2, 0.25) is 0 Å². The molecule has 0 aliphatic heterocycles. The SMILES string of the molecule is CC/C(Br)=C(\CC)NC(C)C. The van der Waals surface area contributed by atoms with Gasteiger partial charge in [-0.05, 0) is 26.7 Å². The van der Waals surface area contributed by atoms with Crippen LogP contribution >= 0.6 is 15.9 Å². The number of rotatable bonds is 4. The van der Waals surface area contributed by atoms with Gasteiger partial charge in [0.15, 0.2) is 0 Å². The molecule has 11 heavy (non-hydrogen) atoms. The fraction of sp³-hybridized carbons (Fsp3) is 0.778. The van der Waals surface area contributed by atoms with Crippen LogP contribution in [0.3, 0.4) is 0 Å². The molecule has 0 fully saturated rings. The first kappa shape index (κ1) is 11.0. The van der Waals surface area contributed by atoms with E-state index < -0.39 is 0 Å². The molecule has 66 valence electrons. The Hall–Kier alpha value is 0.0200. The topological polar surface area (TPSA) is 12.0 Å². The standard InChI is InChI=1S/C9H18BrN/c1-5-8(10)9(6-2)11-7(3)4/h7,11H,5-6H2,1-4H3/b9-8-. The van der Waals surface area contributed by atoms with Gasteiger partial charge < -0.3 is 5.32 Å². The Labute approximate surface area is 78.4 Å². The summed E-state index contributed by atoms with van der Waals surface area (Å²) in [4.78, 5) is 0. The average Bonchev–Trinajstić information content (AvgIpc) is 1.98. The van der Waals surface area contributed by atoms with Crippen LogP contribution in [0.15, 0.2) is 10.2 Å². The molecular formula is C9H18BrN. The molecule has 0 atom stereocenters. The van der Waals surface area contributed by atoms with Gasteiger partial charge in [-0.1, -0.05) is 29.8 Å². The first-order valence-corrected chi connectivity index (χ1v) is 5.05. The van der Waals surface area contributed by atoms with Crippen LogP contribution in [-0.2, 0) is 0 Å². The van der Waals surface area contributed by atoms with E-state index in [0.717, 1.165) is 12.8 Å². The van der Waals surface area contributed by atoms with Crippen molar-refractivity contribution in [3.63, 3.8) is 0 Å². The summed E-state index contributed by atoms with van der Waals surface area (Å²) in [6.07, 6.45) is 2.15. The summed E-state index contributed by atoms with van der Waals surface area (Å²) >= 11 is 3.55. The van der Waals surface area contributed by atoms with Gasteiger partial charge in [-0.3, -0.25) is 0 Å². The summed E-state index contributed by atoms with van der Waals surface area (Å²) in [6, 6.07) is 0.532. The van der Waals surface area contributed by atoms with Gasteiger partial charge in [0.25, 0.3) is 0 Å². The highest BCUT2D eigenvalue weighted by atomic mass is 79.9. The summed E-state index contributed by atoms with van der Waals surface area (Å²) in [5, 5.41) is 3.41. The lowest BCUT2D eigenvalue weighted by atomic mass is 10.2. The second-order valence-corrected chi connectivity index (χ2v) is 3.85. The smallest absolute Gasteiger partial charge is 0.0208 e. The lowest BCUT2D eigenvalue weighted by molar-refractivity contribution is 0.646. The maximum atomic E-state index is 3.55. The zero-order valence-corrected chi connectivity index (χ0v) is 9.46. The molecule has 0 spiro atoms. The van der Waals surface area contributed by atoms with E-state index in [9.17, 15) is 0 Å². The molecule has 1 nitrogen and oxygen atoms in total. The Morgan fingerprint density at radius 2 is 1.82 bits per heavy atom. The normalized spacial score (nSPS) is 13.3. The first-order valence-electron chi connectivity index (χ1n) is 4.25. The molecule has 0 saturated heterocycles. The molecule has 0 saturated carbocycles. The van der Waals surface area contributed by atoms with Crippen molar-refractivity contribution < 1.29 is 0 Å². The van der Waals surface area contributed by atoms with Gasteiger partial charge in [0.1, 0.15) is 0 Å². The maximum absolute atomic E-state index is 3.55. The highest BCUT2D eigenvalue weighted by Gasteiger charge is 2.00. The van der Waals surface area contributed by atoms with Gasteiger partial charge in [0, 0.05) is 16.2 Å². The van der Waals surface area contributed by atoms with E-state index in [1.807, 2.05) is 0 Å². The first-order chi connectivity index (χ1) is 5.11. The van der Waals surface area contributed by atoms with Gasteiger partial charge in [-0.2, -0.15) is 0 Å². The second kappa shape index (κ2) is 5.64. The Morgan fingerprint density at radius 3 is 2.09 bits per heavy atom. The number of nitrogens with one attached hydrogen (secondary N) is 1. The van der Waals surface area contributed by atoms with Crippen molar-refractivity contribution in [2.24, 2.45) is 0 Å². The van der Waals surface area contributed by atoms with Crippen LogP contribution in [0.25, 0.3) is 0 Å². The Bertz CT molecular complexity index is 138. The molecule has 0 bridgehead atoms. The molecule has 0 amide bonds. The third-order valence-electron chi connectivity index (χ3n) is 1.45. The van der Waals surface area contributed by atoms with Crippen molar-refractivity contribution >= 4 is 15.9 Å². The van der Waals surface area contributed by atoms with Crippen molar-refractivity contribution in [1.29, 1.82) is 0 Å². The van der Waals surface area contributed by atoms with Crippen molar-refractivity contribution in [3.05, 3.63) is 10.2 Å². The van der Waals surface area contributed by atoms with Crippen LogP contribution in [-0.4, -0.2) is 6.04 Å². The van der Waals surface area contributed by atoms with Crippen LogP contribution in [0.5, 0.6) is 0 Å². The summed E-state index contributed by atoms with van der Waals surface area (Å²) < 4.78 is 1.30. The maximum Gasteiger partial charge on any atom is 0.0208 e. The predicted octanol–water partition coefficient (Wildman–Crippen LogP) is 3.41. The summed E-state index contributed by atoms with van der Waals surface area (Å²) in [5.41, 5.74) is 1.34. The van der Waals surface area contributed by atoms with E-state index in [2.05, 4.69) is 48.9 Å². The van der Waals surface area contributed by atoms with Crippen molar-refractivity contribution in [1.82, 2.24) is 5.32 Å². The Balaban J connectivity index is 4.14. The molecule has 1 N–H and O–H groups in total. The summed E-state index contributed by atoms with van der Waals surface area (Å²) in [6.45, 7) is 8.64. The van der Waals surface area contributed by atoms with Crippen LogP contribution in [0.1, 0.15) is 40.5 Å². The van der Waals surface area contributed by atoms with Crippen molar-refractivity contribution in [2.45, 2.75) is 46.6 Å². The van der Waals surface area contributed by atoms with Crippen molar-refractivity contribution in [3.8, 4) is 0 Å². The van der Waals surface area contributed by atoms with Crippen molar-refractivity contribution in [2.75, 3.05) is 0 Å². The number of hydrogen-bond donors (Lipinski definition) is 1. The highest BCUT2D eigenvalue weighted by Crippen LogP contribution is 2.16. The number of allylic oxidation sites excluding steroid dienone is 2. The minimum atomic E-state index is 0.532. The van der Waals surface area contributed by atoms with Gasteiger partial charge >= 0.3 is 0 Å². The van der Waals surface area contributed by atoms with E-state index in [0.29, 0.717) is 6.04 Å². The molecule has 0 aromatic rings. The molecule has 0 rings (SSSR count). The molecule has 0 aliphatic rings. The number of halogens is 1. The molecule has 0 unspecified atom stereocenters. The van der Waals surface area contributed by atoms with Gasteiger partial charge in [-0.25, -0.2) is 0 Å². The van der Waals surface area contributed by atoms with Gasteiger partial charge in [-0.15, -0.1) is 0 Å². The van der Waals surface area contributed by atoms with E-state index in [1.54, 1.807) is 0 Å². The zero-order chi connectivity index (χ0) is 8.85. The Morgan fingerprint density at radius 1 is 1.27 bits per heavy atom. The third kappa shape index (κ3) is 4.46. The molecule has 0 aromatic heterocycles. The molecule has 0 aromatic carbocycles. The van der Waals surface area contributed by atoms with Crippen LogP contribution in [0.4, 0.5) is 0 Å². The Kier molecular flexibility index (Phi) is 5.65. The predicted molar refractivity (Wildman–Crippen MR) is 54.8 cm³/mol. The fourth-order valence-corrected chi connectivity index (χ4v) is 1.33. The van der Waals surface area contributed by atoms with E-state index >= 15 is 0 Å². The average molecular weight is 220 g/mol. The fourth-order valence-electron chi connectivity index (χ4n) is 0.934. The summed E-state index contributed by atoms with van der Waals surface area (Å²) in [5.74, 6) is 0. The van der Waals surface area contributed by atoms with Crippen LogP contribution < -0.4 is 5.32 Å². The quantitative estimate of drug-likeness (QED) is 0.765. The van der Waals surface area contributed by atoms with E-state index in [-0.39, 0.29) is 0 Å². The number of hydrogen-bond acceptors (Lipinski definition) is 1. The second-order valence-electron chi connectivity index (χ2n) is 2.89. The van der Waals surface area contributed by atoms with Crippen LogP contribution in [0, 0.1) is 0 Å². The van der Waals surface area contributed by atoms with Crippen LogP contribution in [0.2, 0.25) is 0 Å². The van der Waals surface area contributed by atoms with E-state index in [4.69, 9.17) is 0 Å². The van der Waals surface area contributed by atoms with E-state index in [1.165, 1.54) is 10.2 Å². The third-order valence-corrected chi connectivity index (χ3v) is 2.49. The largest absolute Gasteiger partial charge is 0.386 e. The monoisotopic (exact) mass is 219 g/mol.